The number of carbonyl (C=O) groups is 1. The number of anilines is 1. The van der Waals surface area contributed by atoms with Gasteiger partial charge < -0.3 is 9.64 Å². The lowest BCUT2D eigenvalue weighted by molar-refractivity contribution is -0.141. The molecule has 1 aromatic carbocycles. The predicted octanol–water partition coefficient (Wildman–Crippen LogP) is 5.39. The van der Waals surface area contributed by atoms with E-state index in [4.69, 9.17) is 0 Å². The number of methoxy groups -OCH3 is 1. The predicted molar refractivity (Wildman–Crippen MR) is 110 cm³/mol. The van der Waals surface area contributed by atoms with E-state index in [-0.39, 0.29) is 5.82 Å². The normalized spacial score (nSPS) is 15.4. The summed E-state index contributed by atoms with van der Waals surface area (Å²) in [7, 11) is 1.24. The standard InChI is InChI=1S/C23H22F4N2O2/c1-31-21(30)7-5-6-18(16-8-10-17(24)11-9-16)19-12-13-20(23(25,26)27)28-22(19)29-14-3-2-4-15-29/h5-13H,2-4,14-15H2,1H3. The highest BCUT2D eigenvalue weighted by Crippen LogP contribution is 2.36. The van der Waals surface area contributed by atoms with Crippen molar-refractivity contribution >= 4 is 17.4 Å². The van der Waals surface area contributed by atoms with Gasteiger partial charge in [-0.05, 0) is 54.7 Å². The van der Waals surface area contributed by atoms with E-state index in [1.807, 2.05) is 4.90 Å². The van der Waals surface area contributed by atoms with Crippen LogP contribution in [0.3, 0.4) is 0 Å². The number of ether oxygens (including phenoxy) is 1. The number of pyridine rings is 1. The summed E-state index contributed by atoms with van der Waals surface area (Å²) in [4.78, 5) is 17.3. The average molecular weight is 434 g/mol. The zero-order chi connectivity index (χ0) is 22.4. The Labute approximate surface area is 177 Å². The highest BCUT2D eigenvalue weighted by Gasteiger charge is 2.34. The molecular formula is C23H22F4N2O2. The molecule has 0 spiro atoms. The lowest BCUT2D eigenvalue weighted by Gasteiger charge is -2.30. The summed E-state index contributed by atoms with van der Waals surface area (Å²) in [5, 5.41) is 0. The number of allylic oxidation sites excluding steroid dienone is 2. The minimum atomic E-state index is -4.58. The molecular weight excluding hydrogens is 412 g/mol. The van der Waals surface area contributed by atoms with E-state index in [0.29, 0.717) is 29.8 Å². The van der Waals surface area contributed by atoms with Gasteiger partial charge in [-0.2, -0.15) is 13.2 Å². The van der Waals surface area contributed by atoms with Crippen LogP contribution in [0.5, 0.6) is 0 Å². The van der Waals surface area contributed by atoms with E-state index in [2.05, 4.69) is 9.72 Å². The van der Waals surface area contributed by atoms with Crippen molar-refractivity contribution in [2.45, 2.75) is 25.4 Å². The number of aromatic nitrogens is 1. The van der Waals surface area contributed by atoms with Crippen molar-refractivity contribution in [2.24, 2.45) is 0 Å². The molecule has 1 aromatic heterocycles. The van der Waals surface area contributed by atoms with E-state index in [1.165, 1.54) is 49.6 Å². The van der Waals surface area contributed by atoms with Crippen molar-refractivity contribution in [2.75, 3.05) is 25.1 Å². The lowest BCUT2D eigenvalue weighted by Crippen LogP contribution is -2.31. The second-order valence-electron chi connectivity index (χ2n) is 7.08. The van der Waals surface area contributed by atoms with Crippen molar-refractivity contribution in [3.05, 3.63) is 77.3 Å². The topological polar surface area (TPSA) is 42.4 Å². The summed E-state index contributed by atoms with van der Waals surface area (Å²) in [6.45, 7) is 1.19. The number of esters is 1. The quantitative estimate of drug-likeness (QED) is 0.274. The molecule has 0 radical (unpaired) electrons. The number of piperidine rings is 1. The maximum Gasteiger partial charge on any atom is 0.433 e. The molecule has 8 heteroatoms. The summed E-state index contributed by atoms with van der Waals surface area (Å²) >= 11 is 0. The summed E-state index contributed by atoms with van der Waals surface area (Å²) in [5.41, 5.74) is 0.592. The van der Waals surface area contributed by atoms with Gasteiger partial charge in [0.05, 0.1) is 7.11 Å². The molecule has 1 fully saturated rings. The first-order chi connectivity index (χ1) is 14.8. The minimum absolute atomic E-state index is 0.219. The number of hydrogen-bond acceptors (Lipinski definition) is 4. The van der Waals surface area contributed by atoms with Crippen molar-refractivity contribution in [3.8, 4) is 0 Å². The van der Waals surface area contributed by atoms with Crippen molar-refractivity contribution in [3.63, 3.8) is 0 Å². The largest absolute Gasteiger partial charge is 0.466 e. The Morgan fingerprint density at radius 1 is 1.06 bits per heavy atom. The molecule has 1 aliphatic heterocycles. The molecule has 0 atom stereocenters. The van der Waals surface area contributed by atoms with E-state index in [0.717, 1.165) is 25.3 Å². The van der Waals surface area contributed by atoms with Gasteiger partial charge in [0.25, 0.3) is 0 Å². The molecule has 1 saturated heterocycles. The van der Waals surface area contributed by atoms with E-state index >= 15 is 0 Å². The molecule has 3 rings (SSSR count). The Morgan fingerprint density at radius 2 is 1.74 bits per heavy atom. The van der Waals surface area contributed by atoms with Crippen LogP contribution in [0.2, 0.25) is 0 Å². The fourth-order valence-electron chi connectivity index (χ4n) is 3.43. The van der Waals surface area contributed by atoms with Crippen LogP contribution in [-0.4, -0.2) is 31.2 Å². The van der Waals surface area contributed by atoms with Crippen LogP contribution < -0.4 is 4.90 Å². The molecule has 0 aliphatic carbocycles. The summed E-state index contributed by atoms with van der Waals surface area (Å²) < 4.78 is 58.1. The molecule has 0 N–H and O–H groups in total. The SMILES string of the molecule is COC(=O)C=CC=C(c1ccc(F)cc1)c1ccc(C(F)(F)F)nc1N1CCCCC1. The molecule has 0 bridgehead atoms. The van der Waals surface area contributed by atoms with Crippen LogP contribution in [0, 0.1) is 5.82 Å². The van der Waals surface area contributed by atoms with Gasteiger partial charge in [0.1, 0.15) is 17.3 Å². The van der Waals surface area contributed by atoms with Crippen LogP contribution in [0.25, 0.3) is 5.57 Å². The summed E-state index contributed by atoms with van der Waals surface area (Å²) in [6, 6.07) is 7.91. The molecule has 31 heavy (non-hydrogen) atoms. The number of hydrogen-bond donors (Lipinski definition) is 0. The third kappa shape index (κ3) is 5.71. The first kappa shape index (κ1) is 22.5. The summed E-state index contributed by atoms with van der Waals surface area (Å²) in [5.74, 6) is -0.789. The molecule has 164 valence electrons. The third-order valence-electron chi connectivity index (χ3n) is 4.96. The minimum Gasteiger partial charge on any atom is -0.466 e. The Bertz CT molecular complexity index is 976. The monoisotopic (exact) mass is 434 g/mol. The molecule has 0 amide bonds. The van der Waals surface area contributed by atoms with Gasteiger partial charge in [-0.3, -0.25) is 0 Å². The number of alkyl halides is 3. The van der Waals surface area contributed by atoms with E-state index < -0.39 is 23.7 Å². The Kier molecular flexibility index (Phi) is 7.09. The maximum atomic E-state index is 13.5. The molecule has 1 aliphatic rings. The van der Waals surface area contributed by atoms with Crippen LogP contribution in [-0.2, 0) is 15.7 Å². The maximum absolute atomic E-state index is 13.5. The zero-order valence-corrected chi connectivity index (χ0v) is 17.0. The molecule has 0 unspecified atom stereocenters. The van der Waals surface area contributed by atoms with Gasteiger partial charge in [-0.1, -0.05) is 24.3 Å². The first-order valence-electron chi connectivity index (χ1n) is 9.85. The van der Waals surface area contributed by atoms with E-state index in [1.54, 1.807) is 6.08 Å². The molecule has 4 nitrogen and oxygen atoms in total. The Morgan fingerprint density at radius 3 is 2.35 bits per heavy atom. The number of nitrogens with zero attached hydrogens (tertiary/aromatic N) is 2. The van der Waals surface area contributed by atoms with Crippen LogP contribution in [0.4, 0.5) is 23.4 Å². The number of benzene rings is 1. The highest BCUT2D eigenvalue weighted by molar-refractivity contribution is 5.88. The lowest BCUT2D eigenvalue weighted by atomic mass is 9.96. The Balaban J connectivity index is 2.16. The van der Waals surface area contributed by atoms with E-state index in [9.17, 15) is 22.4 Å². The second-order valence-corrected chi connectivity index (χ2v) is 7.08. The van der Waals surface area contributed by atoms with Gasteiger partial charge in [0.15, 0.2) is 0 Å². The van der Waals surface area contributed by atoms with Crippen LogP contribution >= 0.6 is 0 Å². The fraction of sp³-hybridized carbons (Fsp3) is 0.304. The van der Waals surface area contributed by atoms with Gasteiger partial charge in [0.2, 0.25) is 0 Å². The first-order valence-corrected chi connectivity index (χ1v) is 9.85. The van der Waals surface area contributed by atoms with Crippen LogP contribution in [0.1, 0.15) is 36.1 Å². The summed E-state index contributed by atoms with van der Waals surface area (Å²) in [6.07, 6.45) is 2.37. The van der Waals surface area contributed by atoms with Gasteiger partial charge in [-0.25, -0.2) is 14.2 Å². The molecule has 2 heterocycles. The zero-order valence-electron chi connectivity index (χ0n) is 17.0. The Hall–Kier alpha value is -3.16. The van der Waals surface area contributed by atoms with Crippen molar-refractivity contribution < 1.29 is 27.1 Å². The molecule has 2 aromatic rings. The van der Waals surface area contributed by atoms with Gasteiger partial charge in [0, 0.05) is 24.7 Å². The number of halogens is 4. The van der Waals surface area contributed by atoms with Gasteiger partial charge >= 0.3 is 12.1 Å². The third-order valence-corrected chi connectivity index (χ3v) is 4.96. The van der Waals surface area contributed by atoms with Crippen molar-refractivity contribution in [1.29, 1.82) is 0 Å². The highest BCUT2D eigenvalue weighted by atomic mass is 19.4. The number of carbonyl (C=O) groups excluding carboxylic acids is 1. The van der Waals surface area contributed by atoms with Crippen molar-refractivity contribution in [1.82, 2.24) is 4.98 Å². The number of rotatable bonds is 5. The fourth-order valence-corrected chi connectivity index (χ4v) is 3.43. The van der Waals surface area contributed by atoms with Crippen LogP contribution in [0.15, 0.2) is 54.6 Å². The average Bonchev–Trinajstić information content (AvgIpc) is 2.77. The molecule has 0 saturated carbocycles. The van der Waals surface area contributed by atoms with Gasteiger partial charge in [-0.15, -0.1) is 0 Å². The second kappa shape index (κ2) is 9.76. The smallest absolute Gasteiger partial charge is 0.433 e.